The molecule has 0 saturated heterocycles. The normalized spacial score (nSPS) is 11.3. The molecule has 0 aliphatic carbocycles. The first-order valence-corrected chi connectivity index (χ1v) is 5.32. The summed E-state index contributed by atoms with van der Waals surface area (Å²) in [6, 6.07) is 3.47. The number of aromatic nitrogens is 3. The molecule has 0 N–H and O–H groups in total. The van der Waals surface area contributed by atoms with E-state index in [0.717, 1.165) is 0 Å². The molecule has 0 saturated carbocycles. The van der Waals surface area contributed by atoms with E-state index >= 15 is 0 Å². The number of nitro benzene ring substituents is 1. The number of rotatable bonds is 3. The van der Waals surface area contributed by atoms with Crippen LogP contribution in [0.1, 0.15) is 5.56 Å². The molecule has 7 nitrogen and oxygen atoms in total. The van der Waals surface area contributed by atoms with Crippen molar-refractivity contribution in [2.45, 2.75) is 0 Å². The summed E-state index contributed by atoms with van der Waals surface area (Å²) in [5.74, 6) is 0. The maximum Gasteiger partial charge on any atom is 0.306 e. The van der Waals surface area contributed by atoms with E-state index in [9.17, 15) is 10.1 Å². The molecule has 0 spiro atoms. The maximum atomic E-state index is 11.2. The Balaban J connectivity index is 2.67. The Bertz CT molecular complexity index is 630. The quantitative estimate of drug-likeness (QED) is 0.605. The molecule has 1 heterocycles. The third kappa shape index (κ3) is 2.02. The highest BCUT2D eigenvalue weighted by Gasteiger charge is 2.20. The number of hydrogen-bond acceptors (Lipinski definition) is 5. The van der Waals surface area contributed by atoms with Crippen molar-refractivity contribution in [3.8, 4) is 0 Å². The number of nitrogens with zero attached hydrogens (tertiary/aromatic N) is 5. The number of nitro groups is 1. The van der Waals surface area contributed by atoms with Gasteiger partial charge in [-0.1, -0.05) is 5.21 Å². The highest BCUT2D eigenvalue weighted by Crippen LogP contribution is 2.28. The molecule has 2 aromatic rings. The number of fused-ring (bicyclic) bond motifs is 1. The molecule has 0 atom stereocenters. The van der Waals surface area contributed by atoms with Crippen LogP contribution in [0.15, 0.2) is 18.3 Å². The fraction of sp³-hybridized carbons (Fsp3) is 0.273. The van der Waals surface area contributed by atoms with Crippen LogP contribution in [0.3, 0.4) is 0 Å². The Labute approximate surface area is 103 Å². The van der Waals surface area contributed by atoms with Crippen LogP contribution in [-0.4, -0.2) is 38.9 Å². The van der Waals surface area contributed by atoms with Crippen LogP contribution in [0.5, 0.6) is 0 Å². The number of aryl methyl sites for hydroxylation is 1. The highest BCUT2D eigenvalue weighted by molar-refractivity contribution is 5.89. The van der Waals surface area contributed by atoms with Gasteiger partial charge in [-0.3, -0.25) is 10.1 Å². The second kappa shape index (κ2) is 4.44. The molecular formula is C11H13N5O2. The molecule has 7 heteroatoms. The van der Waals surface area contributed by atoms with Crippen molar-refractivity contribution in [2.75, 3.05) is 14.1 Å². The third-order valence-electron chi connectivity index (χ3n) is 2.52. The van der Waals surface area contributed by atoms with Gasteiger partial charge >= 0.3 is 5.69 Å². The van der Waals surface area contributed by atoms with Crippen LogP contribution in [-0.2, 0) is 7.05 Å². The minimum absolute atomic E-state index is 0.0151. The zero-order valence-corrected chi connectivity index (χ0v) is 10.4. The van der Waals surface area contributed by atoms with E-state index in [-0.39, 0.29) is 5.69 Å². The van der Waals surface area contributed by atoms with E-state index in [1.165, 1.54) is 4.68 Å². The summed E-state index contributed by atoms with van der Waals surface area (Å²) in [5, 5.41) is 18.8. The van der Waals surface area contributed by atoms with Gasteiger partial charge < -0.3 is 4.90 Å². The highest BCUT2D eigenvalue weighted by atomic mass is 16.6. The standard InChI is InChI=1S/C11H13N5O2/c1-14(2)7-6-8-4-5-9-10(11(8)16(17)18)12-13-15(9)3/h4-7H,1-3H3. The number of hydrogen-bond donors (Lipinski definition) is 0. The molecule has 0 fully saturated rings. The molecule has 0 amide bonds. The summed E-state index contributed by atoms with van der Waals surface area (Å²) in [4.78, 5) is 12.6. The minimum Gasteiger partial charge on any atom is -0.383 e. The minimum atomic E-state index is -0.424. The second-order valence-corrected chi connectivity index (χ2v) is 4.12. The van der Waals surface area contributed by atoms with Gasteiger partial charge in [0.05, 0.1) is 16.0 Å². The zero-order chi connectivity index (χ0) is 13.3. The van der Waals surface area contributed by atoms with E-state index in [1.54, 1.807) is 31.5 Å². The predicted octanol–water partition coefficient (Wildman–Crippen LogP) is 1.41. The van der Waals surface area contributed by atoms with Crippen LogP contribution in [0, 0.1) is 10.1 Å². The van der Waals surface area contributed by atoms with Crippen molar-refractivity contribution in [1.82, 2.24) is 19.9 Å². The van der Waals surface area contributed by atoms with E-state index in [0.29, 0.717) is 16.6 Å². The van der Waals surface area contributed by atoms with E-state index in [4.69, 9.17) is 0 Å². The van der Waals surface area contributed by atoms with Gasteiger partial charge in [0.1, 0.15) is 0 Å². The largest absolute Gasteiger partial charge is 0.383 e. The van der Waals surface area contributed by atoms with Gasteiger partial charge in [-0.05, 0) is 24.4 Å². The molecule has 18 heavy (non-hydrogen) atoms. The lowest BCUT2D eigenvalue weighted by Crippen LogP contribution is -2.00. The van der Waals surface area contributed by atoms with Gasteiger partial charge in [-0.2, -0.15) is 0 Å². The average Bonchev–Trinajstić information content (AvgIpc) is 2.67. The number of benzene rings is 1. The Kier molecular flexibility index (Phi) is 2.97. The zero-order valence-electron chi connectivity index (χ0n) is 10.4. The Morgan fingerprint density at radius 1 is 1.44 bits per heavy atom. The van der Waals surface area contributed by atoms with Crippen LogP contribution >= 0.6 is 0 Å². The second-order valence-electron chi connectivity index (χ2n) is 4.12. The molecule has 0 radical (unpaired) electrons. The Hall–Kier alpha value is -2.44. The summed E-state index contributed by atoms with van der Waals surface area (Å²) in [6.07, 6.45) is 3.44. The molecule has 0 bridgehead atoms. The lowest BCUT2D eigenvalue weighted by atomic mass is 10.1. The fourth-order valence-corrected chi connectivity index (χ4v) is 1.66. The topological polar surface area (TPSA) is 77.1 Å². The van der Waals surface area contributed by atoms with Crippen molar-refractivity contribution >= 4 is 22.8 Å². The van der Waals surface area contributed by atoms with Gasteiger partial charge in [-0.25, -0.2) is 4.68 Å². The van der Waals surface area contributed by atoms with Gasteiger partial charge in [0.25, 0.3) is 0 Å². The first-order chi connectivity index (χ1) is 8.50. The average molecular weight is 247 g/mol. The Morgan fingerprint density at radius 2 is 2.17 bits per heavy atom. The third-order valence-corrected chi connectivity index (χ3v) is 2.52. The lowest BCUT2D eigenvalue weighted by molar-refractivity contribution is -0.383. The van der Waals surface area contributed by atoms with Gasteiger partial charge in [0, 0.05) is 21.1 Å². The first kappa shape index (κ1) is 12.0. The summed E-state index contributed by atoms with van der Waals surface area (Å²) >= 11 is 0. The molecule has 2 rings (SSSR count). The van der Waals surface area contributed by atoms with Gasteiger partial charge in [0.15, 0.2) is 5.52 Å². The fourth-order valence-electron chi connectivity index (χ4n) is 1.66. The first-order valence-electron chi connectivity index (χ1n) is 5.32. The van der Waals surface area contributed by atoms with Crippen LogP contribution < -0.4 is 0 Å². The summed E-state index contributed by atoms with van der Waals surface area (Å²) in [7, 11) is 5.40. The lowest BCUT2D eigenvalue weighted by Gasteiger charge is -2.04. The SMILES string of the molecule is CN(C)C=Cc1ccc2c(nnn2C)c1[N+](=O)[O-]. The molecule has 1 aromatic carbocycles. The summed E-state index contributed by atoms with van der Waals surface area (Å²) in [5.41, 5.74) is 1.45. The van der Waals surface area contributed by atoms with Crippen molar-refractivity contribution in [3.05, 3.63) is 34.0 Å². The van der Waals surface area contributed by atoms with Crippen molar-refractivity contribution in [1.29, 1.82) is 0 Å². The Morgan fingerprint density at radius 3 is 2.78 bits per heavy atom. The maximum absolute atomic E-state index is 11.2. The van der Waals surface area contributed by atoms with Crippen molar-refractivity contribution in [2.24, 2.45) is 7.05 Å². The molecule has 0 aliphatic heterocycles. The van der Waals surface area contributed by atoms with E-state index < -0.39 is 4.92 Å². The van der Waals surface area contributed by atoms with Gasteiger partial charge in [0.2, 0.25) is 0 Å². The van der Waals surface area contributed by atoms with Crippen LogP contribution in [0.2, 0.25) is 0 Å². The summed E-state index contributed by atoms with van der Waals surface area (Å²) < 4.78 is 1.52. The monoisotopic (exact) mass is 247 g/mol. The molecule has 0 aliphatic rings. The van der Waals surface area contributed by atoms with Crippen molar-refractivity contribution < 1.29 is 4.92 Å². The molecule has 0 unspecified atom stereocenters. The van der Waals surface area contributed by atoms with Crippen LogP contribution in [0.25, 0.3) is 17.1 Å². The van der Waals surface area contributed by atoms with E-state index in [1.807, 2.05) is 19.0 Å². The molecule has 94 valence electrons. The predicted molar refractivity (Wildman–Crippen MR) is 67.9 cm³/mol. The van der Waals surface area contributed by atoms with Gasteiger partial charge in [-0.15, -0.1) is 5.10 Å². The molecular weight excluding hydrogens is 234 g/mol. The summed E-state index contributed by atoms with van der Waals surface area (Å²) in [6.45, 7) is 0. The smallest absolute Gasteiger partial charge is 0.306 e. The van der Waals surface area contributed by atoms with Crippen LogP contribution in [0.4, 0.5) is 5.69 Å². The van der Waals surface area contributed by atoms with Crippen molar-refractivity contribution in [3.63, 3.8) is 0 Å². The van der Waals surface area contributed by atoms with E-state index in [2.05, 4.69) is 10.3 Å². The molecule has 1 aromatic heterocycles.